The average Bonchev–Trinajstić information content (AvgIpc) is 2.35. The van der Waals surface area contributed by atoms with Crippen LogP contribution in [0.1, 0.15) is 30.4 Å². The third-order valence-corrected chi connectivity index (χ3v) is 3.82. The van der Waals surface area contributed by atoms with Crippen LogP contribution in [0.15, 0.2) is 0 Å². The van der Waals surface area contributed by atoms with Gasteiger partial charge in [0, 0.05) is 7.06 Å². The lowest BCUT2D eigenvalue weighted by Gasteiger charge is -2.42. The molecule has 1 aliphatic heterocycles. The minimum absolute atomic E-state index is 0.0769. The molecule has 1 aliphatic rings. The van der Waals surface area contributed by atoms with Crippen molar-refractivity contribution in [1.82, 2.24) is 0 Å². The molecule has 0 spiro atoms. The molecular weight excluding hydrogens is 220 g/mol. The quantitative estimate of drug-likeness (QED) is 0.711. The third kappa shape index (κ3) is 3.19. The second-order valence-electron chi connectivity index (χ2n) is 4.76. The first kappa shape index (κ1) is 11.5. The molecule has 0 N–H and O–H groups in total. The predicted molar refractivity (Wildman–Crippen MR) is 64.7 cm³/mol. The SMILES string of the molecule is [2H]C([3H])OCC1O[C@@H](C(=O)OCC)[C@H](C)[C@@H](C)[C@@H]1C. The molecule has 6 atom stereocenters. The van der Waals surface area contributed by atoms with Crippen molar-refractivity contribution in [3.8, 4) is 0 Å². The van der Waals surface area contributed by atoms with Gasteiger partial charge in [0.15, 0.2) is 6.10 Å². The van der Waals surface area contributed by atoms with Gasteiger partial charge in [0.05, 0.1) is 22.1 Å². The fourth-order valence-electron chi connectivity index (χ4n) is 2.31. The second kappa shape index (κ2) is 6.36. The molecule has 0 amide bonds. The van der Waals surface area contributed by atoms with Crippen LogP contribution in [0.5, 0.6) is 0 Å². The molecule has 1 saturated heterocycles. The fourth-order valence-corrected chi connectivity index (χ4v) is 2.31. The molecule has 2 unspecified atom stereocenters. The number of carbonyl (C=O) groups is 1. The highest BCUT2D eigenvalue weighted by molar-refractivity contribution is 5.75. The molecule has 0 aromatic carbocycles. The molecule has 0 aromatic heterocycles. The third-order valence-electron chi connectivity index (χ3n) is 3.82. The normalized spacial score (nSPS) is 41.3. The first-order valence-electron chi connectivity index (χ1n) is 7.32. The molecule has 1 heterocycles. The summed E-state index contributed by atoms with van der Waals surface area (Å²) in [5.41, 5.74) is 0. The van der Waals surface area contributed by atoms with E-state index in [0.717, 1.165) is 0 Å². The van der Waals surface area contributed by atoms with Crippen molar-refractivity contribution in [2.45, 2.75) is 39.9 Å². The highest BCUT2D eigenvalue weighted by atomic mass is 16.6. The fraction of sp³-hybridized carbons (Fsp3) is 0.923. The maximum atomic E-state index is 11.9. The van der Waals surface area contributed by atoms with E-state index in [1.165, 1.54) is 0 Å². The molecule has 1 fully saturated rings. The monoisotopic (exact) mass is 247 g/mol. The maximum absolute atomic E-state index is 11.9. The van der Waals surface area contributed by atoms with Crippen molar-refractivity contribution in [1.29, 1.82) is 0 Å². The number of carbonyl (C=O) groups excluding carboxylic acids is 1. The highest BCUT2D eigenvalue weighted by Crippen LogP contribution is 2.35. The molecule has 0 aliphatic carbocycles. The molecular formula is C13H24O4. The number of methoxy groups -OCH3 is 1. The van der Waals surface area contributed by atoms with Crippen LogP contribution in [0.4, 0.5) is 0 Å². The van der Waals surface area contributed by atoms with Gasteiger partial charge in [-0.2, -0.15) is 0 Å². The van der Waals surface area contributed by atoms with Crippen LogP contribution < -0.4 is 0 Å². The van der Waals surface area contributed by atoms with Gasteiger partial charge in [-0.1, -0.05) is 20.8 Å². The standard InChI is InChI=1S/C13H24O4/c1-6-16-13(14)12-10(4)8(2)9(3)11(17-12)7-15-5/h8-12H,6-7H2,1-5H3/t8-,9-,10+,11?,12+/m0/s1/i5TD/t5?,8-,9-,10+,11?,12+. The zero-order valence-electron chi connectivity index (χ0n) is 13.0. The Bertz CT molecular complexity index is 298. The Hall–Kier alpha value is -0.610. The number of esters is 1. The number of hydrogen-bond acceptors (Lipinski definition) is 4. The second-order valence-corrected chi connectivity index (χ2v) is 4.76. The summed E-state index contributed by atoms with van der Waals surface area (Å²) in [6, 6.07) is 0. The van der Waals surface area contributed by atoms with Crippen molar-refractivity contribution < 1.29 is 21.7 Å². The van der Waals surface area contributed by atoms with E-state index in [0.29, 0.717) is 6.61 Å². The van der Waals surface area contributed by atoms with Gasteiger partial charge < -0.3 is 14.2 Å². The van der Waals surface area contributed by atoms with E-state index in [4.69, 9.17) is 17.0 Å². The van der Waals surface area contributed by atoms with Crippen molar-refractivity contribution in [2.75, 3.05) is 20.3 Å². The van der Waals surface area contributed by atoms with Crippen molar-refractivity contribution in [3.63, 3.8) is 0 Å². The maximum Gasteiger partial charge on any atom is 0.335 e. The van der Waals surface area contributed by atoms with E-state index >= 15 is 0 Å². The lowest BCUT2D eigenvalue weighted by Crippen LogP contribution is -2.50. The van der Waals surface area contributed by atoms with E-state index in [9.17, 15) is 4.79 Å². The molecule has 0 bridgehead atoms. The zero-order chi connectivity index (χ0) is 14.6. The van der Waals surface area contributed by atoms with Gasteiger partial charge in [-0.25, -0.2) is 4.79 Å². The minimum atomic E-state index is -1.33. The Balaban J connectivity index is 2.70. The largest absolute Gasteiger partial charge is 0.464 e. The molecule has 0 saturated carbocycles. The van der Waals surface area contributed by atoms with Crippen LogP contribution in [-0.2, 0) is 19.0 Å². The van der Waals surface area contributed by atoms with Crippen molar-refractivity contribution in [3.05, 3.63) is 0 Å². The van der Waals surface area contributed by atoms with Crippen LogP contribution in [0.2, 0.25) is 0 Å². The van der Waals surface area contributed by atoms with Gasteiger partial charge in [-0.3, -0.25) is 0 Å². The number of rotatable bonds is 4. The van der Waals surface area contributed by atoms with Crippen LogP contribution in [0.25, 0.3) is 0 Å². The summed E-state index contributed by atoms with van der Waals surface area (Å²) in [7, 11) is -1.33. The van der Waals surface area contributed by atoms with Gasteiger partial charge in [0.2, 0.25) is 0 Å². The van der Waals surface area contributed by atoms with Crippen LogP contribution in [-0.4, -0.2) is 38.5 Å². The van der Waals surface area contributed by atoms with E-state index < -0.39 is 13.2 Å². The summed E-state index contributed by atoms with van der Waals surface area (Å²) >= 11 is 0. The van der Waals surface area contributed by atoms with E-state index in [-0.39, 0.29) is 36.4 Å². The zero-order valence-corrected chi connectivity index (χ0v) is 11.0. The van der Waals surface area contributed by atoms with Gasteiger partial charge in [-0.05, 0) is 24.7 Å². The van der Waals surface area contributed by atoms with Crippen molar-refractivity contribution >= 4 is 5.97 Å². The molecule has 4 nitrogen and oxygen atoms in total. The summed E-state index contributed by atoms with van der Waals surface area (Å²) in [5.74, 6) is 0.228. The van der Waals surface area contributed by atoms with E-state index in [1.807, 2.05) is 13.8 Å². The van der Waals surface area contributed by atoms with Crippen LogP contribution >= 0.6 is 0 Å². The Morgan fingerprint density at radius 1 is 1.41 bits per heavy atom. The predicted octanol–water partition coefficient (Wildman–Crippen LogP) is 1.87. The molecule has 17 heavy (non-hydrogen) atoms. The van der Waals surface area contributed by atoms with Gasteiger partial charge in [-0.15, -0.1) is 0 Å². The Morgan fingerprint density at radius 2 is 2.12 bits per heavy atom. The topological polar surface area (TPSA) is 44.8 Å². The summed E-state index contributed by atoms with van der Waals surface area (Å²) < 4.78 is 29.9. The van der Waals surface area contributed by atoms with Crippen molar-refractivity contribution in [2.24, 2.45) is 17.8 Å². The Labute approximate surface area is 106 Å². The summed E-state index contributed by atoms with van der Waals surface area (Å²) in [4.78, 5) is 11.9. The molecule has 4 heteroatoms. The lowest BCUT2D eigenvalue weighted by molar-refractivity contribution is -0.189. The molecule has 0 aromatic rings. The van der Waals surface area contributed by atoms with E-state index in [1.54, 1.807) is 6.92 Å². The number of ether oxygens (including phenoxy) is 3. The lowest BCUT2D eigenvalue weighted by atomic mass is 9.76. The van der Waals surface area contributed by atoms with Gasteiger partial charge in [0.25, 0.3) is 0 Å². The molecule has 1 rings (SSSR count). The molecule has 0 radical (unpaired) electrons. The smallest absolute Gasteiger partial charge is 0.335 e. The van der Waals surface area contributed by atoms with Gasteiger partial charge in [0.1, 0.15) is 0 Å². The first-order valence-corrected chi connectivity index (χ1v) is 6.16. The number of hydrogen-bond donors (Lipinski definition) is 0. The average molecular weight is 247 g/mol. The summed E-state index contributed by atoms with van der Waals surface area (Å²) in [6.45, 7) is 8.36. The molecule has 100 valence electrons. The highest BCUT2D eigenvalue weighted by Gasteiger charge is 2.42. The summed E-state index contributed by atoms with van der Waals surface area (Å²) in [6.07, 6.45) is -0.867. The van der Waals surface area contributed by atoms with Crippen LogP contribution in [0.3, 0.4) is 0 Å². The van der Waals surface area contributed by atoms with Crippen LogP contribution in [0, 0.1) is 17.8 Å². The van der Waals surface area contributed by atoms with E-state index in [2.05, 4.69) is 6.92 Å². The Morgan fingerprint density at radius 3 is 2.71 bits per heavy atom. The first-order chi connectivity index (χ1) is 8.88. The minimum Gasteiger partial charge on any atom is -0.464 e. The Kier molecular flexibility index (Phi) is 4.29. The summed E-state index contributed by atoms with van der Waals surface area (Å²) in [5, 5.41) is 0. The van der Waals surface area contributed by atoms with Gasteiger partial charge >= 0.3 is 5.97 Å².